The van der Waals surface area contributed by atoms with E-state index in [2.05, 4.69) is 0 Å². The average molecular weight is 423 g/mol. The zero-order valence-electron chi connectivity index (χ0n) is 15.2. The Hall–Kier alpha value is -1.82. The van der Waals surface area contributed by atoms with Crippen molar-refractivity contribution in [2.24, 2.45) is 7.05 Å². The fourth-order valence-electron chi connectivity index (χ4n) is 2.94. The van der Waals surface area contributed by atoms with Gasteiger partial charge in [0.2, 0.25) is 0 Å². The van der Waals surface area contributed by atoms with E-state index in [0.29, 0.717) is 16.5 Å². The van der Waals surface area contributed by atoms with E-state index in [9.17, 15) is 9.90 Å². The van der Waals surface area contributed by atoms with E-state index in [-0.39, 0.29) is 17.5 Å². The summed E-state index contributed by atoms with van der Waals surface area (Å²) in [6, 6.07) is 12.5. The Kier molecular flexibility index (Phi) is 5.94. The molecule has 1 heterocycles. The van der Waals surface area contributed by atoms with Gasteiger partial charge in [0.1, 0.15) is 10.8 Å². The van der Waals surface area contributed by atoms with E-state index < -0.39 is 0 Å². The van der Waals surface area contributed by atoms with E-state index >= 15 is 0 Å². The number of imidazole rings is 1. The van der Waals surface area contributed by atoms with E-state index in [4.69, 9.17) is 23.2 Å². The van der Waals surface area contributed by atoms with Gasteiger partial charge in [0.25, 0.3) is 0 Å². The number of aromatic nitrogens is 2. The third-order valence-electron chi connectivity index (χ3n) is 4.28. The molecule has 3 rings (SSSR count). The molecule has 4 nitrogen and oxygen atoms in total. The smallest absolute Gasteiger partial charge is 0.329 e. The Morgan fingerprint density at radius 3 is 2.33 bits per heavy atom. The van der Waals surface area contributed by atoms with Crippen molar-refractivity contribution in [2.45, 2.75) is 36.2 Å². The van der Waals surface area contributed by atoms with E-state index in [1.807, 2.05) is 38.1 Å². The molecular weight excluding hydrogens is 403 g/mol. The number of rotatable bonds is 5. The van der Waals surface area contributed by atoms with E-state index in [1.165, 1.54) is 11.8 Å². The minimum atomic E-state index is -0.0916. The SMILES string of the molecule is CC(C)n1c(Sc2cc(Cl)cc(Cl)c2)c(Cc2ccccc2O)n(C)c1=O. The molecule has 0 aliphatic heterocycles. The van der Waals surface area contributed by atoms with Gasteiger partial charge in [-0.1, -0.05) is 53.2 Å². The maximum Gasteiger partial charge on any atom is 0.329 e. The number of phenols is 1. The van der Waals surface area contributed by atoms with Crippen molar-refractivity contribution >= 4 is 35.0 Å². The molecule has 0 saturated heterocycles. The van der Waals surface area contributed by atoms with Crippen LogP contribution in [-0.2, 0) is 13.5 Å². The molecule has 0 unspecified atom stereocenters. The summed E-state index contributed by atoms with van der Waals surface area (Å²) in [5, 5.41) is 12.1. The first-order valence-electron chi connectivity index (χ1n) is 8.48. The number of para-hydroxylation sites is 1. The fourth-order valence-corrected chi connectivity index (χ4v) is 4.91. The van der Waals surface area contributed by atoms with Crippen molar-refractivity contribution in [3.05, 3.63) is 74.3 Å². The Balaban J connectivity index is 2.14. The summed E-state index contributed by atoms with van der Waals surface area (Å²) in [5.74, 6) is 0.212. The van der Waals surface area contributed by atoms with E-state index in [1.54, 1.807) is 34.4 Å². The number of hydrogen-bond donors (Lipinski definition) is 1. The lowest BCUT2D eigenvalue weighted by molar-refractivity contribution is 0.469. The van der Waals surface area contributed by atoms with Crippen LogP contribution in [0.15, 0.2) is 57.2 Å². The van der Waals surface area contributed by atoms with Gasteiger partial charge in [-0.2, -0.15) is 0 Å². The summed E-state index contributed by atoms with van der Waals surface area (Å²) >= 11 is 13.7. The summed E-state index contributed by atoms with van der Waals surface area (Å²) in [4.78, 5) is 13.7. The predicted molar refractivity (Wildman–Crippen MR) is 112 cm³/mol. The van der Waals surface area contributed by atoms with Gasteiger partial charge in [0.05, 0.1) is 5.69 Å². The predicted octanol–water partition coefficient (Wildman–Crippen LogP) is 5.52. The maximum absolute atomic E-state index is 12.8. The minimum absolute atomic E-state index is 0.0148. The van der Waals surface area contributed by atoms with Gasteiger partial charge in [-0.3, -0.25) is 9.13 Å². The third kappa shape index (κ3) is 4.21. The van der Waals surface area contributed by atoms with Crippen LogP contribution in [0.1, 0.15) is 31.1 Å². The van der Waals surface area contributed by atoms with Crippen LogP contribution >= 0.6 is 35.0 Å². The number of phenolic OH excluding ortho intramolecular Hbond substituents is 1. The van der Waals surface area contributed by atoms with Crippen LogP contribution < -0.4 is 5.69 Å². The summed E-state index contributed by atoms with van der Waals surface area (Å²) in [6.07, 6.45) is 0.439. The zero-order valence-corrected chi connectivity index (χ0v) is 17.6. The number of hydrogen-bond acceptors (Lipinski definition) is 3. The summed E-state index contributed by atoms with van der Waals surface area (Å²) in [6.45, 7) is 3.94. The van der Waals surface area contributed by atoms with Crippen LogP contribution in [0.2, 0.25) is 10.0 Å². The van der Waals surface area contributed by atoms with Crippen LogP contribution in [0.4, 0.5) is 0 Å². The van der Waals surface area contributed by atoms with Crippen LogP contribution in [0.25, 0.3) is 0 Å². The summed E-state index contributed by atoms with van der Waals surface area (Å²) in [7, 11) is 1.76. The van der Waals surface area contributed by atoms with E-state index in [0.717, 1.165) is 21.2 Å². The number of nitrogens with zero attached hydrogens (tertiary/aromatic N) is 2. The van der Waals surface area contributed by atoms with Gasteiger partial charge in [-0.25, -0.2) is 4.79 Å². The van der Waals surface area contributed by atoms with Crippen molar-refractivity contribution in [1.82, 2.24) is 9.13 Å². The first-order valence-corrected chi connectivity index (χ1v) is 10.1. The molecule has 0 atom stereocenters. The van der Waals surface area contributed by atoms with Crippen LogP contribution in [0, 0.1) is 0 Å². The highest BCUT2D eigenvalue weighted by molar-refractivity contribution is 7.99. The Morgan fingerprint density at radius 2 is 1.74 bits per heavy atom. The van der Waals surface area contributed by atoms with Gasteiger partial charge in [-0.15, -0.1) is 0 Å². The zero-order chi connectivity index (χ0) is 19.7. The molecule has 2 aromatic carbocycles. The van der Waals surface area contributed by atoms with Gasteiger partial charge in [0.15, 0.2) is 0 Å². The highest BCUT2D eigenvalue weighted by Crippen LogP contribution is 2.36. The highest BCUT2D eigenvalue weighted by Gasteiger charge is 2.22. The van der Waals surface area contributed by atoms with Crippen LogP contribution in [0.3, 0.4) is 0 Å². The largest absolute Gasteiger partial charge is 0.508 e. The van der Waals surface area contributed by atoms with Crippen molar-refractivity contribution < 1.29 is 5.11 Å². The summed E-state index contributed by atoms with van der Waals surface area (Å²) < 4.78 is 3.40. The van der Waals surface area contributed by atoms with Gasteiger partial charge < -0.3 is 5.11 Å². The topological polar surface area (TPSA) is 47.2 Å². The fraction of sp³-hybridized carbons (Fsp3) is 0.250. The Bertz CT molecular complexity index is 1020. The lowest BCUT2D eigenvalue weighted by Crippen LogP contribution is -2.24. The quantitative estimate of drug-likeness (QED) is 0.588. The molecule has 1 N–H and O–H groups in total. The number of benzene rings is 2. The van der Waals surface area contributed by atoms with Crippen LogP contribution in [-0.4, -0.2) is 14.2 Å². The molecule has 142 valence electrons. The molecule has 0 aliphatic carbocycles. The van der Waals surface area contributed by atoms with Gasteiger partial charge in [0, 0.05) is 34.5 Å². The van der Waals surface area contributed by atoms with Gasteiger partial charge >= 0.3 is 5.69 Å². The Morgan fingerprint density at radius 1 is 1.11 bits per heavy atom. The molecule has 7 heteroatoms. The van der Waals surface area contributed by atoms with Crippen molar-refractivity contribution in [3.8, 4) is 5.75 Å². The lowest BCUT2D eigenvalue weighted by atomic mass is 10.1. The van der Waals surface area contributed by atoms with Crippen LogP contribution in [0.5, 0.6) is 5.75 Å². The molecule has 27 heavy (non-hydrogen) atoms. The number of aromatic hydroxyl groups is 1. The molecular formula is C20H20Cl2N2O2S. The normalized spacial score (nSPS) is 11.3. The molecule has 1 aromatic heterocycles. The molecule has 0 amide bonds. The lowest BCUT2D eigenvalue weighted by Gasteiger charge is -2.13. The molecule has 0 saturated carbocycles. The molecule has 0 fully saturated rings. The molecule has 0 aliphatic rings. The third-order valence-corrected chi connectivity index (χ3v) is 5.81. The molecule has 0 spiro atoms. The molecule has 0 radical (unpaired) electrons. The maximum atomic E-state index is 12.8. The second-order valence-electron chi connectivity index (χ2n) is 6.57. The highest BCUT2D eigenvalue weighted by atomic mass is 35.5. The van der Waals surface area contributed by atoms with Crippen molar-refractivity contribution in [1.29, 1.82) is 0 Å². The monoisotopic (exact) mass is 422 g/mol. The molecule has 3 aromatic rings. The first-order chi connectivity index (χ1) is 12.8. The second-order valence-corrected chi connectivity index (χ2v) is 8.50. The van der Waals surface area contributed by atoms with Gasteiger partial charge in [-0.05, 0) is 43.7 Å². The Labute approximate surface area is 172 Å². The number of halogens is 2. The van der Waals surface area contributed by atoms with Crippen molar-refractivity contribution in [2.75, 3.05) is 0 Å². The first kappa shape index (κ1) is 19.9. The average Bonchev–Trinajstić information content (AvgIpc) is 2.80. The summed E-state index contributed by atoms with van der Waals surface area (Å²) in [5.41, 5.74) is 1.50. The standard InChI is InChI=1S/C20H20Cl2N2O2S/c1-12(2)24-19(27-16-10-14(21)9-15(22)11-16)17(23(3)20(24)26)8-13-6-4-5-7-18(13)25/h4-7,9-12,25H,8H2,1-3H3. The van der Waals surface area contributed by atoms with Crippen molar-refractivity contribution in [3.63, 3.8) is 0 Å². The second kappa shape index (κ2) is 8.05. The molecule has 0 bridgehead atoms. The minimum Gasteiger partial charge on any atom is -0.508 e.